The average Bonchev–Trinajstić information content (AvgIpc) is 2.31. The van der Waals surface area contributed by atoms with E-state index in [1.165, 1.54) is 24.0 Å². The lowest BCUT2D eigenvalue weighted by molar-refractivity contribution is 0.522. The highest BCUT2D eigenvalue weighted by molar-refractivity contribution is 5.22. The Morgan fingerprint density at radius 2 is 1.81 bits per heavy atom. The summed E-state index contributed by atoms with van der Waals surface area (Å²) in [5.74, 6) is 0.555. The highest BCUT2D eigenvalue weighted by Crippen LogP contribution is 2.06. The van der Waals surface area contributed by atoms with Gasteiger partial charge in [0.25, 0.3) is 0 Å². The lowest BCUT2D eigenvalue weighted by Crippen LogP contribution is -2.25. The molecule has 0 saturated carbocycles. The first-order valence-corrected chi connectivity index (χ1v) is 6.24. The quantitative estimate of drug-likeness (QED) is 0.740. The van der Waals surface area contributed by atoms with Gasteiger partial charge in [-0.05, 0) is 36.6 Å². The molecule has 0 bridgehead atoms. The maximum atomic E-state index is 5.56. The fourth-order valence-corrected chi connectivity index (χ4v) is 1.66. The average molecular weight is 220 g/mol. The zero-order valence-electron chi connectivity index (χ0n) is 10.5. The van der Waals surface area contributed by atoms with Gasteiger partial charge in [-0.1, -0.05) is 44.5 Å². The van der Waals surface area contributed by atoms with Crippen LogP contribution in [0.2, 0.25) is 0 Å². The Hall–Kier alpha value is -0.860. The molecule has 0 fully saturated rings. The summed E-state index contributed by atoms with van der Waals surface area (Å²) in [6.45, 7) is 7.06. The van der Waals surface area contributed by atoms with Gasteiger partial charge in [0.15, 0.2) is 0 Å². The van der Waals surface area contributed by atoms with E-state index in [-0.39, 0.29) is 0 Å². The molecule has 1 aromatic rings. The van der Waals surface area contributed by atoms with Crippen molar-refractivity contribution >= 4 is 0 Å². The molecule has 3 N–H and O–H groups in total. The monoisotopic (exact) mass is 220 g/mol. The molecule has 0 spiro atoms. The van der Waals surface area contributed by atoms with E-state index in [0.29, 0.717) is 5.92 Å². The Balaban J connectivity index is 2.31. The first-order chi connectivity index (χ1) is 7.76. The Morgan fingerprint density at radius 3 is 2.38 bits per heavy atom. The van der Waals surface area contributed by atoms with Crippen LogP contribution in [0.3, 0.4) is 0 Å². The molecular weight excluding hydrogens is 196 g/mol. The molecular formula is C14H24N2. The second-order valence-electron chi connectivity index (χ2n) is 4.54. The van der Waals surface area contributed by atoms with Gasteiger partial charge in [-0.15, -0.1) is 0 Å². The van der Waals surface area contributed by atoms with Crippen LogP contribution in [0.25, 0.3) is 0 Å². The number of nitrogens with two attached hydrogens (primary N) is 1. The van der Waals surface area contributed by atoms with Crippen molar-refractivity contribution in [3.05, 3.63) is 35.4 Å². The van der Waals surface area contributed by atoms with Crippen LogP contribution < -0.4 is 11.1 Å². The molecule has 0 aliphatic rings. The predicted octanol–water partition coefficient (Wildman–Crippen LogP) is 2.32. The second kappa shape index (κ2) is 7.42. The summed E-state index contributed by atoms with van der Waals surface area (Å²) in [5, 5.41) is 3.42. The topological polar surface area (TPSA) is 38.0 Å². The molecule has 16 heavy (non-hydrogen) atoms. The summed E-state index contributed by atoms with van der Waals surface area (Å²) in [7, 11) is 0. The summed E-state index contributed by atoms with van der Waals surface area (Å²) in [6, 6.07) is 8.88. The normalized spacial score (nSPS) is 12.7. The molecule has 1 rings (SSSR count). The van der Waals surface area contributed by atoms with Gasteiger partial charge in [0, 0.05) is 6.54 Å². The standard InChI is InChI=1S/C14H24N2/c1-3-4-13-5-7-14(8-6-13)11-16-10-12(2)9-15/h5-8,12,16H,3-4,9-11,15H2,1-2H3. The van der Waals surface area contributed by atoms with Gasteiger partial charge in [0.05, 0.1) is 0 Å². The van der Waals surface area contributed by atoms with E-state index in [2.05, 4.69) is 43.4 Å². The van der Waals surface area contributed by atoms with Gasteiger partial charge in [-0.2, -0.15) is 0 Å². The van der Waals surface area contributed by atoms with E-state index in [0.717, 1.165) is 19.6 Å². The lowest BCUT2D eigenvalue weighted by atomic mass is 10.1. The number of benzene rings is 1. The molecule has 0 amide bonds. The van der Waals surface area contributed by atoms with Crippen LogP contribution in [0.4, 0.5) is 0 Å². The third-order valence-electron chi connectivity index (χ3n) is 2.79. The summed E-state index contributed by atoms with van der Waals surface area (Å²) < 4.78 is 0. The van der Waals surface area contributed by atoms with E-state index in [9.17, 15) is 0 Å². The fourth-order valence-electron chi connectivity index (χ4n) is 1.66. The van der Waals surface area contributed by atoms with Crippen molar-refractivity contribution in [2.24, 2.45) is 11.7 Å². The summed E-state index contributed by atoms with van der Waals surface area (Å²) in [6.07, 6.45) is 2.39. The third-order valence-corrected chi connectivity index (χ3v) is 2.79. The molecule has 1 unspecified atom stereocenters. The SMILES string of the molecule is CCCc1ccc(CNCC(C)CN)cc1. The number of aryl methyl sites for hydroxylation is 1. The van der Waals surface area contributed by atoms with Crippen LogP contribution in [-0.4, -0.2) is 13.1 Å². The molecule has 0 heterocycles. The molecule has 1 atom stereocenters. The number of hydrogen-bond donors (Lipinski definition) is 2. The van der Waals surface area contributed by atoms with Gasteiger partial charge in [-0.25, -0.2) is 0 Å². The first-order valence-electron chi connectivity index (χ1n) is 6.24. The number of rotatable bonds is 7. The Labute approximate surface area is 99.2 Å². The molecule has 0 aliphatic heterocycles. The zero-order chi connectivity index (χ0) is 11.8. The van der Waals surface area contributed by atoms with Crippen molar-refractivity contribution in [2.45, 2.75) is 33.2 Å². The predicted molar refractivity (Wildman–Crippen MR) is 70.4 cm³/mol. The highest BCUT2D eigenvalue weighted by Gasteiger charge is 1.98. The fraction of sp³-hybridized carbons (Fsp3) is 0.571. The molecule has 0 aliphatic carbocycles. The van der Waals surface area contributed by atoms with Crippen LogP contribution in [0.5, 0.6) is 0 Å². The smallest absolute Gasteiger partial charge is 0.0205 e. The van der Waals surface area contributed by atoms with E-state index < -0.39 is 0 Å². The van der Waals surface area contributed by atoms with Crippen LogP contribution >= 0.6 is 0 Å². The van der Waals surface area contributed by atoms with E-state index in [1.54, 1.807) is 0 Å². The maximum Gasteiger partial charge on any atom is 0.0205 e. The molecule has 0 radical (unpaired) electrons. The zero-order valence-corrected chi connectivity index (χ0v) is 10.5. The molecule has 1 aromatic carbocycles. The van der Waals surface area contributed by atoms with Crippen LogP contribution in [0, 0.1) is 5.92 Å². The van der Waals surface area contributed by atoms with Gasteiger partial charge in [0.1, 0.15) is 0 Å². The van der Waals surface area contributed by atoms with Crippen molar-refractivity contribution in [1.82, 2.24) is 5.32 Å². The Kier molecular flexibility index (Phi) is 6.12. The largest absolute Gasteiger partial charge is 0.330 e. The molecule has 90 valence electrons. The van der Waals surface area contributed by atoms with Crippen molar-refractivity contribution in [3.8, 4) is 0 Å². The molecule has 0 saturated heterocycles. The molecule has 2 nitrogen and oxygen atoms in total. The van der Waals surface area contributed by atoms with Crippen molar-refractivity contribution in [2.75, 3.05) is 13.1 Å². The van der Waals surface area contributed by atoms with Crippen molar-refractivity contribution < 1.29 is 0 Å². The van der Waals surface area contributed by atoms with Gasteiger partial charge in [-0.3, -0.25) is 0 Å². The lowest BCUT2D eigenvalue weighted by Gasteiger charge is -2.10. The van der Waals surface area contributed by atoms with E-state index >= 15 is 0 Å². The van der Waals surface area contributed by atoms with Gasteiger partial charge < -0.3 is 11.1 Å². The summed E-state index contributed by atoms with van der Waals surface area (Å²) >= 11 is 0. The van der Waals surface area contributed by atoms with Gasteiger partial charge >= 0.3 is 0 Å². The number of nitrogens with one attached hydrogen (secondary N) is 1. The minimum Gasteiger partial charge on any atom is -0.330 e. The van der Waals surface area contributed by atoms with Gasteiger partial charge in [0.2, 0.25) is 0 Å². The van der Waals surface area contributed by atoms with E-state index in [4.69, 9.17) is 5.73 Å². The highest BCUT2D eigenvalue weighted by atomic mass is 14.9. The summed E-state index contributed by atoms with van der Waals surface area (Å²) in [4.78, 5) is 0. The Morgan fingerprint density at radius 1 is 1.19 bits per heavy atom. The number of hydrogen-bond acceptors (Lipinski definition) is 2. The van der Waals surface area contributed by atoms with Crippen LogP contribution in [-0.2, 0) is 13.0 Å². The Bertz CT molecular complexity index is 279. The van der Waals surface area contributed by atoms with E-state index in [1.807, 2.05) is 0 Å². The maximum absolute atomic E-state index is 5.56. The minimum atomic E-state index is 0.555. The molecule has 0 aromatic heterocycles. The third kappa shape index (κ3) is 4.77. The summed E-state index contributed by atoms with van der Waals surface area (Å²) in [5.41, 5.74) is 8.35. The van der Waals surface area contributed by atoms with Crippen molar-refractivity contribution in [3.63, 3.8) is 0 Å². The van der Waals surface area contributed by atoms with Crippen LogP contribution in [0.15, 0.2) is 24.3 Å². The van der Waals surface area contributed by atoms with Crippen molar-refractivity contribution in [1.29, 1.82) is 0 Å². The second-order valence-corrected chi connectivity index (χ2v) is 4.54. The van der Waals surface area contributed by atoms with Crippen LogP contribution in [0.1, 0.15) is 31.4 Å². The first kappa shape index (κ1) is 13.2. The molecule has 2 heteroatoms. The minimum absolute atomic E-state index is 0.555.